The molecule has 2 saturated heterocycles. The summed E-state index contributed by atoms with van der Waals surface area (Å²) in [4.78, 5) is 17.4. The van der Waals surface area contributed by atoms with Crippen molar-refractivity contribution in [2.24, 2.45) is 0 Å². The number of benzene rings is 1. The number of hydrogen-bond acceptors (Lipinski definition) is 5. The lowest BCUT2D eigenvalue weighted by atomic mass is 9.88. The highest BCUT2D eigenvalue weighted by molar-refractivity contribution is 8.03. The average Bonchev–Trinajstić information content (AvgIpc) is 3.24. The van der Waals surface area contributed by atoms with E-state index in [2.05, 4.69) is 17.2 Å². The zero-order valence-corrected chi connectivity index (χ0v) is 19.1. The number of ether oxygens (including phenoxy) is 1. The van der Waals surface area contributed by atoms with Crippen LogP contribution in [0.3, 0.4) is 0 Å². The predicted octanol–water partition coefficient (Wildman–Crippen LogP) is 3.35. The van der Waals surface area contributed by atoms with E-state index in [1.165, 1.54) is 6.07 Å². The van der Waals surface area contributed by atoms with Crippen molar-refractivity contribution in [1.29, 1.82) is 0 Å². The molecule has 0 saturated carbocycles. The van der Waals surface area contributed by atoms with E-state index in [4.69, 9.17) is 9.84 Å². The molecule has 31 heavy (non-hydrogen) atoms. The van der Waals surface area contributed by atoms with Crippen molar-refractivity contribution >= 4 is 17.7 Å². The van der Waals surface area contributed by atoms with Crippen molar-refractivity contribution in [3.05, 3.63) is 46.1 Å². The topological polar surface area (TPSA) is 53.0 Å². The van der Waals surface area contributed by atoms with Gasteiger partial charge < -0.3 is 14.7 Å². The minimum atomic E-state index is -0.259. The molecule has 170 valence electrons. The van der Waals surface area contributed by atoms with Crippen molar-refractivity contribution in [2.45, 2.75) is 56.4 Å². The first-order chi connectivity index (χ1) is 15.0. The highest BCUT2D eigenvalue weighted by atomic mass is 32.2. The number of likely N-dealkylation sites (tertiary alicyclic amines) is 1. The molecule has 1 N–H and O–H groups in total. The van der Waals surface area contributed by atoms with Crippen LogP contribution in [0.5, 0.6) is 0 Å². The van der Waals surface area contributed by atoms with Crippen molar-refractivity contribution in [3.63, 3.8) is 0 Å². The third-order valence-electron chi connectivity index (χ3n) is 6.71. The van der Waals surface area contributed by atoms with Crippen LogP contribution in [-0.2, 0) is 22.5 Å². The van der Waals surface area contributed by atoms with E-state index in [1.807, 2.05) is 11.0 Å². The van der Waals surface area contributed by atoms with E-state index in [1.54, 1.807) is 17.8 Å². The monoisotopic (exact) mass is 448 g/mol. The summed E-state index contributed by atoms with van der Waals surface area (Å²) in [5.41, 5.74) is 2.47. The van der Waals surface area contributed by atoms with Crippen molar-refractivity contribution in [2.75, 3.05) is 39.4 Å². The molecular weight excluding hydrogens is 415 g/mol. The van der Waals surface area contributed by atoms with Gasteiger partial charge in [-0.3, -0.25) is 9.69 Å². The number of morpholine rings is 1. The van der Waals surface area contributed by atoms with Gasteiger partial charge >= 0.3 is 0 Å². The number of carbonyl (C=O) groups excluding carboxylic acids is 1. The van der Waals surface area contributed by atoms with Crippen LogP contribution in [0.15, 0.2) is 29.2 Å². The predicted molar refractivity (Wildman–Crippen MR) is 121 cm³/mol. The van der Waals surface area contributed by atoms with Gasteiger partial charge in [0.1, 0.15) is 5.82 Å². The molecule has 4 rings (SSSR count). The largest absolute Gasteiger partial charge is 0.396 e. The smallest absolute Gasteiger partial charge is 0.250 e. The summed E-state index contributed by atoms with van der Waals surface area (Å²) in [6, 6.07) is 5.06. The number of thioether (sulfide) groups is 1. The minimum absolute atomic E-state index is 0.0242. The van der Waals surface area contributed by atoms with Gasteiger partial charge in [-0.25, -0.2) is 4.39 Å². The zero-order chi connectivity index (χ0) is 21.8. The second-order valence-corrected chi connectivity index (χ2v) is 10.2. The van der Waals surface area contributed by atoms with Crippen LogP contribution < -0.4 is 0 Å². The lowest BCUT2D eigenvalue weighted by Crippen LogP contribution is -2.58. The van der Waals surface area contributed by atoms with Gasteiger partial charge in [-0.05, 0) is 60.8 Å². The summed E-state index contributed by atoms with van der Waals surface area (Å²) < 4.78 is 20.1. The van der Waals surface area contributed by atoms with Gasteiger partial charge in [0.15, 0.2) is 0 Å². The number of aliphatic hydroxyl groups is 1. The van der Waals surface area contributed by atoms with Crippen LogP contribution in [0.4, 0.5) is 4.39 Å². The fourth-order valence-corrected chi connectivity index (χ4v) is 5.90. The molecule has 0 bridgehead atoms. The Kier molecular flexibility index (Phi) is 7.37. The van der Waals surface area contributed by atoms with Crippen LogP contribution in [0.25, 0.3) is 0 Å². The van der Waals surface area contributed by atoms with Crippen LogP contribution in [0, 0.1) is 5.82 Å². The summed E-state index contributed by atoms with van der Waals surface area (Å²) >= 11 is 1.79. The van der Waals surface area contributed by atoms with Crippen LogP contribution in [-0.4, -0.2) is 71.1 Å². The first kappa shape index (κ1) is 22.8. The third-order valence-corrected chi connectivity index (χ3v) is 8.01. The molecule has 3 heterocycles. The summed E-state index contributed by atoms with van der Waals surface area (Å²) in [6.07, 6.45) is 4.19. The van der Waals surface area contributed by atoms with Gasteiger partial charge in [0, 0.05) is 43.6 Å². The molecular formula is C24H33FN2O3S. The number of rotatable bonds is 6. The Balaban J connectivity index is 1.33. The summed E-state index contributed by atoms with van der Waals surface area (Å²) in [5, 5.41) is 11.7. The van der Waals surface area contributed by atoms with Gasteiger partial charge in [-0.1, -0.05) is 13.0 Å². The van der Waals surface area contributed by atoms with E-state index >= 15 is 0 Å². The minimum Gasteiger partial charge on any atom is -0.396 e. The number of carbonyl (C=O) groups is 1. The first-order valence-corrected chi connectivity index (χ1v) is 12.3. The Morgan fingerprint density at radius 1 is 1.26 bits per heavy atom. The molecule has 1 spiro atoms. The second kappa shape index (κ2) is 10.0. The third kappa shape index (κ3) is 5.51. The van der Waals surface area contributed by atoms with E-state index in [0.29, 0.717) is 37.9 Å². The van der Waals surface area contributed by atoms with Crippen molar-refractivity contribution < 1.29 is 19.0 Å². The average molecular weight is 449 g/mol. The zero-order valence-electron chi connectivity index (χ0n) is 18.3. The van der Waals surface area contributed by atoms with E-state index < -0.39 is 0 Å². The summed E-state index contributed by atoms with van der Waals surface area (Å²) in [6.45, 7) is 6.55. The van der Waals surface area contributed by atoms with E-state index in [-0.39, 0.29) is 23.9 Å². The van der Waals surface area contributed by atoms with E-state index in [9.17, 15) is 9.18 Å². The van der Waals surface area contributed by atoms with Gasteiger partial charge in [0.05, 0.1) is 18.8 Å². The molecule has 3 aliphatic rings. The number of nitrogens with zero attached hydrogens (tertiary/aromatic N) is 2. The molecule has 3 aliphatic heterocycles. The Labute approximate surface area is 188 Å². The Hall–Kier alpha value is -1.41. The molecule has 0 aromatic heterocycles. The molecule has 1 amide bonds. The van der Waals surface area contributed by atoms with Crippen LogP contribution in [0.1, 0.15) is 43.7 Å². The summed E-state index contributed by atoms with van der Waals surface area (Å²) in [5.74, 6) is -0.0615. The lowest BCUT2D eigenvalue weighted by Gasteiger charge is -2.47. The number of amides is 1. The molecule has 5 nitrogen and oxygen atoms in total. The SMILES string of the molecule is CCC1CC(C(=O)N2CCOC3(CCN(Cc4cc(F)cc(CCO)c4)CC3)C2)=CS1. The highest BCUT2D eigenvalue weighted by Crippen LogP contribution is 2.35. The highest BCUT2D eigenvalue weighted by Gasteiger charge is 2.41. The van der Waals surface area contributed by atoms with Crippen molar-refractivity contribution in [1.82, 2.24) is 9.80 Å². The van der Waals surface area contributed by atoms with Gasteiger partial charge in [-0.15, -0.1) is 11.8 Å². The summed E-state index contributed by atoms with van der Waals surface area (Å²) in [7, 11) is 0. The normalized spacial score (nSPS) is 23.9. The Morgan fingerprint density at radius 2 is 2.03 bits per heavy atom. The van der Waals surface area contributed by atoms with Gasteiger partial charge in [-0.2, -0.15) is 0 Å². The maximum Gasteiger partial charge on any atom is 0.250 e. The maximum atomic E-state index is 13.9. The van der Waals surface area contributed by atoms with Crippen LogP contribution in [0.2, 0.25) is 0 Å². The Morgan fingerprint density at radius 3 is 2.74 bits per heavy atom. The fraction of sp³-hybridized carbons (Fsp3) is 0.625. The quantitative estimate of drug-likeness (QED) is 0.723. The molecule has 1 aromatic rings. The lowest BCUT2D eigenvalue weighted by molar-refractivity contribution is -0.156. The molecule has 0 aliphatic carbocycles. The fourth-order valence-electron chi connectivity index (χ4n) is 4.88. The molecule has 1 aromatic carbocycles. The standard InChI is InChI=1S/C24H33FN2O3S/c1-2-22-14-20(16-31-22)23(29)27-8-10-30-24(17-27)4-6-26(7-5-24)15-19-11-18(3-9-28)12-21(25)13-19/h11-13,16,22,28H,2-10,14-15,17H2,1H3. The van der Waals surface area contributed by atoms with E-state index in [0.717, 1.165) is 55.5 Å². The maximum absolute atomic E-state index is 13.9. The number of piperidine rings is 1. The van der Waals surface area contributed by atoms with Crippen LogP contribution >= 0.6 is 11.8 Å². The molecule has 0 radical (unpaired) electrons. The van der Waals surface area contributed by atoms with Gasteiger partial charge in [0.25, 0.3) is 5.91 Å². The first-order valence-electron chi connectivity index (χ1n) is 11.4. The second-order valence-electron chi connectivity index (χ2n) is 8.99. The number of halogens is 1. The number of aliphatic hydroxyl groups excluding tert-OH is 1. The molecule has 1 unspecified atom stereocenters. The van der Waals surface area contributed by atoms with Crippen molar-refractivity contribution in [3.8, 4) is 0 Å². The van der Waals surface area contributed by atoms with Gasteiger partial charge in [0.2, 0.25) is 0 Å². The molecule has 7 heteroatoms. The number of hydrogen-bond donors (Lipinski definition) is 1. The molecule has 2 fully saturated rings. The molecule has 1 atom stereocenters. The Bertz CT molecular complexity index is 823.